The van der Waals surface area contributed by atoms with Gasteiger partial charge in [-0.1, -0.05) is 18.2 Å². The average Bonchev–Trinajstić information content (AvgIpc) is 2.69. The number of anilines is 2. The number of hydrogen-bond acceptors (Lipinski definition) is 6. The number of benzene rings is 2. The molecule has 1 N–H and O–H groups in total. The fourth-order valence-electron chi connectivity index (χ4n) is 3.26. The number of hydrogen-bond donors (Lipinski definition) is 1. The molecule has 2 aromatic carbocycles. The summed E-state index contributed by atoms with van der Waals surface area (Å²) in [5.41, 5.74) is 1.90. The van der Waals surface area contributed by atoms with E-state index in [0.717, 1.165) is 5.69 Å². The number of para-hydroxylation sites is 1. The van der Waals surface area contributed by atoms with E-state index in [4.69, 9.17) is 0 Å². The van der Waals surface area contributed by atoms with Crippen molar-refractivity contribution in [1.82, 2.24) is 4.90 Å². The third kappa shape index (κ3) is 4.72. The monoisotopic (exact) mass is 382 g/mol. The highest BCUT2D eigenvalue weighted by Crippen LogP contribution is 2.22. The summed E-state index contributed by atoms with van der Waals surface area (Å²) in [4.78, 5) is 38.7. The lowest BCUT2D eigenvalue weighted by molar-refractivity contribution is -0.384. The quantitative estimate of drug-likeness (QED) is 0.469. The molecule has 8 heteroatoms. The topological polar surface area (TPSA) is 95.8 Å². The van der Waals surface area contributed by atoms with Crippen molar-refractivity contribution in [3.63, 3.8) is 0 Å². The van der Waals surface area contributed by atoms with Crippen LogP contribution in [-0.4, -0.2) is 54.2 Å². The fourth-order valence-corrected chi connectivity index (χ4v) is 3.26. The van der Waals surface area contributed by atoms with E-state index < -0.39 is 4.92 Å². The maximum atomic E-state index is 12.4. The smallest absolute Gasteiger partial charge is 0.271 e. The first-order valence-corrected chi connectivity index (χ1v) is 9.05. The summed E-state index contributed by atoms with van der Waals surface area (Å²) in [6.45, 7) is 4.40. The zero-order valence-electron chi connectivity index (χ0n) is 15.6. The van der Waals surface area contributed by atoms with Crippen molar-refractivity contribution >= 4 is 28.8 Å². The first kappa shape index (κ1) is 19.5. The number of carbonyl (C=O) groups excluding carboxylic acids is 2. The number of non-ortho nitro benzene ring substituents is 1. The van der Waals surface area contributed by atoms with Crippen molar-refractivity contribution in [2.75, 3.05) is 42.9 Å². The number of piperazine rings is 1. The van der Waals surface area contributed by atoms with Gasteiger partial charge >= 0.3 is 0 Å². The van der Waals surface area contributed by atoms with Gasteiger partial charge in [0.05, 0.1) is 17.2 Å². The predicted octanol–water partition coefficient (Wildman–Crippen LogP) is 2.56. The van der Waals surface area contributed by atoms with Crippen molar-refractivity contribution < 1.29 is 14.5 Å². The van der Waals surface area contributed by atoms with E-state index in [2.05, 4.69) is 10.2 Å². The minimum atomic E-state index is -0.400. The molecule has 1 heterocycles. The normalized spacial score (nSPS) is 14.5. The highest BCUT2D eigenvalue weighted by molar-refractivity contribution is 6.04. The van der Waals surface area contributed by atoms with Crippen LogP contribution in [0.25, 0.3) is 0 Å². The van der Waals surface area contributed by atoms with Crippen molar-refractivity contribution in [3.8, 4) is 0 Å². The molecule has 8 nitrogen and oxygen atoms in total. The van der Waals surface area contributed by atoms with Crippen LogP contribution in [0.15, 0.2) is 48.5 Å². The third-order valence-electron chi connectivity index (χ3n) is 4.73. The predicted molar refractivity (Wildman–Crippen MR) is 107 cm³/mol. The summed E-state index contributed by atoms with van der Waals surface area (Å²) >= 11 is 0. The molecule has 146 valence electrons. The molecule has 0 unspecified atom stereocenters. The van der Waals surface area contributed by atoms with Gasteiger partial charge in [-0.15, -0.1) is 0 Å². The van der Waals surface area contributed by atoms with Gasteiger partial charge < -0.3 is 10.2 Å². The average molecular weight is 382 g/mol. The van der Waals surface area contributed by atoms with E-state index in [9.17, 15) is 19.7 Å². The molecule has 0 aromatic heterocycles. The Kier molecular flexibility index (Phi) is 6.00. The zero-order chi connectivity index (χ0) is 20.1. The standard InChI is InChI=1S/C20H22N4O4/c1-15(25)18-7-2-3-8-19(18)21-20(26)14-22-9-11-23(12-10-22)16-5-4-6-17(13-16)24(27)28/h2-8,13H,9-12,14H2,1H3,(H,21,26). The molecule has 0 saturated carbocycles. The van der Waals surface area contributed by atoms with Gasteiger partial charge in [0.1, 0.15) is 0 Å². The van der Waals surface area contributed by atoms with Crippen molar-refractivity contribution in [2.24, 2.45) is 0 Å². The van der Waals surface area contributed by atoms with Gasteiger partial charge in [0.15, 0.2) is 5.78 Å². The zero-order valence-corrected chi connectivity index (χ0v) is 15.6. The van der Waals surface area contributed by atoms with Crippen LogP contribution in [0.3, 0.4) is 0 Å². The second kappa shape index (κ2) is 8.62. The second-order valence-electron chi connectivity index (χ2n) is 6.69. The van der Waals surface area contributed by atoms with Crippen LogP contribution in [0.4, 0.5) is 17.1 Å². The summed E-state index contributed by atoms with van der Waals surface area (Å²) in [6, 6.07) is 13.5. The van der Waals surface area contributed by atoms with Gasteiger partial charge in [0.25, 0.3) is 5.69 Å². The van der Waals surface area contributed by atoms with Crippen molar-refractivity contribution in [2.45, 2.75) is 6.92 Å². The first-order chi connectivity index (χ1) is 13.4. The van der Waals surface area contributed by atoms with Gasteiger partial charge in [-0.25, -0.2) is 0 Å². The number of rotatable bonds is 6. The fraction of sp³-hybridized carbons (Fsp3) is 0.300. The van der Waals surface area contributed by atoms with Gasteiger partial charge in [0.2, 0.25) is 5.91 Å². The van der Waals surface area contributed by atoms with E-state index in [0.29, 0.717) is 37.4 Å². The molecular formula is C20H22N4O4. The first-order valence-electron chi connectivity index (χ1n) is 9.05. The van der Waals surface area contributed by atoms with Gasteiger partial charge in [0, 0.05) is 49.6 Å². The van der Waals surface area contributed by atoms with Crippen LogP contribution in [0.5, 0.6) is 0 Å². The van der Waals surface area contributed by atoms with Gasteiger partial charge in [-0.2, -0.15) is 0 Å². The van der Waals surface area contributed by atoms with Gasteiger partial charge in [-0.05, 0) is 25.1 Å². The van der Waals surface area contributed by atoms with E-state index in [-0.39, 0.29) is 23.9 Å². The number of nitro groups is 1. The Morgan fingerprint density at radius 1 is 1.07 bits per heavy atom. The van der Waals surface area contributed by atoms with Crippen LogP contribution in [0.2, 0.25) is 0 Å². The maximum Gasteiger partial charge on any atom is 0.271 e. The number of carbonyl (C=O) groups is 2. The lowest BCUT2D eigenvalue weighted by atomic mass is 10.1. The Morgan fingerprint density at radius 3 is 2.46 bits per heavy atom. The Hall–Kier alpha value is -3.26. The Bertz CT molecular complexity index is 891. The van der Waals surface area contributed by atoms with Crippen LogP contribution < -0.4 is 10.2 Å². The molecular weight excluding hydrogens is 360 g/mol. The van der Waals surface area contributed by atoms with Crippen molar-refractivity contribution in [1.29, 1.82) is 0 Å². The Balaban J connectivity index is 1.54. The van der Waals surface area contributed by atoms with Gasteiger partial charge in [-0.3, -0.25) is 24.6 Å². The molecule has 0 bridgehead atoms. The number of nitrogens with one attached hydrogen (secondary N) is 1. The minimum Gasteiger partial charge on any atom is -0.369 e. The van der Waals surface area contributed by atoms with E-state index in [1.165, 1.54) is 13.0 Å². The summed E-state index contributed by atoms with van der Waals surface area (Å²) in [7, 11) is 0. The molecule has 2 aromatic rings. The molecule has 0 aliphatic carbocycles. The number of amides is 1. The lowest BCUT2D eigenvalue weighted by Gasteiger charge is -2.35. The molecule has 1 amide bonds. The number of nitrogens with zero attached hydrogens (tertiary/aromatic N) is 3. The second-order valence-corrected chi connectivity index (χ2v) is 6.69. The highest BCUT2D eigenvalue weighted by Gasteiger charge is 2.21. The molecule has 1 aliphatic heterocycles. The summed E-state index contributed by atoms with van der Waals surface area (Å²) in [5.74, 6) is -0.265. The van der Waals surface area contributed by atoms with E-state index in [1.807, 2.05) is 11.0 Å². The molecule has 0 radical (unpaired) electrons. The van der Waals surface area contributed by atoms with Crippen LogP contribution in [-0.2, 0) is 4.79 Å². The molecule has 3 rings (SSSR count). The molecule has 1 fully saturated rings. The highest BCUT2D eigenvalue weighted by atomic mass is 16.6. The van der Waals surface area contributed by atoms with Crippen LogP contribution in [0.1, 0.15) is 17.3 Å². The van der Waals surface area contributed by atoms with E-state index >= 15 is 0 Å². The van der Waals surface area contributed by atoms with Crippen LogP contribution in [0, 0.1) is 10.1 Å². The number of ketones is 1. The number of nitro benzene ring substituents is 1. The Labute approximate surface area is 162 Å². The summed E-state index contributed by atoms with van der Waals surface area (Å²) < 4.78 is 0. The lowest BCUT2D eigenvalue weighted by Crippen LogP contribution is -2.48. The molecule has 0 atom stereocenters. The van der Waals surface area contributed by atoms with Crippen molar-refractivity contribution in [3.05, 3.63) is 64.2 Å². The van der Waals surface area contributed by atoms with E-state index in [1.54, 1.807) is 36.4 Å². The van der Waals surface area contributed by atoms with Crippen LogP contribution >= 0.6 is 0 Å². The molecule has 0 spiro atoms. The Morgan fingerprint density at radius 2 is 1.79 bits per heavy atom. The SMILES string of the molecule is CC(=O)c1ccccc1NC(=O)CN1CCN(c2cccc([N+](=O)[O-])c2)CC1. The summed E-state index contributed by atoms with van der Waals surface area (Å²) in [5, 5.41) is 13.8. The largest absolute Gasteiger partial charge is 0.369 e. The number of Topliss-reactive ketones (excluding diaryl/α,β-unsaturated/α-hetero) is 1. The molecule has 1 aliphatic rings. The molecule has 28 heavy (non-hydrogen) atoms. The third-order valence-corrected chi connectivity index (χ3v) is 4.73. The summed E-state index contributed by atoms with van der Waals surface area (Å²) in [6.07, 6.45) is 0. The maximum absolute atomic E-state index is 12.4. The molecule has 1 saturated heterocycles. The minimum absolute atomic E-state index is 0.0726.